The van der Waals surface area contributed by atoms with Gasteiger partial charge < -0.3 is 14.9 Å². The summed E-state index contributed by atoms with van der Waals surface area (Å²) in [4.78, 5) is 33.9. The highest BCUT2D eigenvalue weighted by molar-refractivity contribution is 6.02. The van der Waals surface area contributed by atoms with Crippen LogP contribution in [0.2, 0.25) is 0 Å². The molecule has 23 heavy (non-hydrogen) atoms. The second-order valence-electron chi connectivity index (χ2n) is 5.99. The highest BCUT2D eigenvalue weighted by Gasteiger charge is 2.26. The van der Waals surface area contributed by atoms with E-state index in [1.54, 1.807) is 26.0 Å². The van der Waals surface area contributed by atoms with E-state index in [1.165, 1.54) is 12.1 Å². The van der Waals surface area contributed by atoms with Crippen LogP contribution in [0.1, 0.15) is 60.2 Å². The second kappa shape index (κ2) is 8.31. The van der Waals surface area contributed by atoms with Gasteiger partial charge in [-0.15, -0.1) is 0 Å². The third-order valence-corrected chi connectivity index (χ3v) is 3.64. The van der Waals surface area contributed by atoms with Crippen molar-refractivity contribution in [3.05, 3.63) is 35.4 Å². The van der Waals surface area contributed by atoms with Crippen LogP contribution in [-0.2, 0) is 9.53 Å². The first kappa shape index (κ1) is 18.7. The topological polar surface area (TPSA) is 101 Å². The molecule has 0 bridgehead atoms. The lowest BCUT2D eigenvalue weighted by Crippen LogP contribution is -2.23. The average molecular weight is 322 g/mol. The smallest absolute Gasteiger partial charge is 0.339 e. The van der Waals surface area contributed by atoms with Crippen LogP contribution in [0.4, 0.5) is 0 Å². The van der Waals surface area contributed by atoms with E-state index in [-0.39, 0.29) is 17.7 Å². The number of ether oxygens (including phenoxy) is 1. The van der Waals surface area contributed by atoms with Crippen molar-refractivity contribution in [3.63, 3.8) is 0 Å². The maximum absolute atomic E-state index is 11.9. The van der Waals surface area contributed by atoms with Crippen LogP contribution in [0.3, 0.4) is 0 Å². The van der Waals surface area contributed by atoms with Crippen molar-refractivity contribution in [2.45, 2.75) is 39.5 Å². The zero-order valence-corrected chi connectivity index (χ0v) is 13.4. The molecule has 0 heterocycles. The summed E-state index contributed by atoms with van der Waals surface area (Å²) in [7, 11) is 0. The van der Waals surface area contributed by atoms with Gasteiger partial charge in [0, 0.05) is 0 Å². The van der Waals surface area contributed by atoms with E-state index in [0.717, 1.165) is 12.8 Å². The Morgan fingerprint density at radius 3 is 2.17 bits per heavy atom. The van der Waals surface area contributed by atoms with Crippen LogP contribution >= 0.6 is 0 Å². The van der Waals surface area contributed by atoms with E-state index in [1.807, 2.05) is 0 Å². The molecule has 0 aliphatic carbocycles. The van der Waals surface area contributed by atoms with Crippen molar-refractivity contribution < 1.29 is 29.3 Å². The molecule has 0 atom stereocenters. The van der Waals surface area contributed by atoms with E-state index >= 15 is 0 Å². The van der Waals surface area contributed by atoms with E-state index in [0.29, 0.717) is 12.8 Å². The fourth-order valence-corrected chi connectivity index (χ4v) is 2.04. The summed E-state index contributed by atoms with van der Waals surface area (Å²) >= 11 is 0. The maximum Gasteiger partial charge on any atom is 0.339 e. The molecular weight excluding hydrogens is 300 g/mol. The number of rotatable bonds is 9. The molecule has 0 spiro atoms. The summed E-state index contributed by atoms with van der Waals surface area (Å²) in [5, 5.41) is 18.0. The van der Waals surface area contributed by atoms with Crippen molar-refractivity contribution in [1.29, 1.82) is 0 Å². The monoisotopic (exact) mass is 322 g/mol. The van der Waals surface area contributed by atoms with Crippen LogP contribution in [0, 0.1) is 5.41 Å². The Kier molecular flexibility index (Phi) is 6.75. The van der Waals surface area contributed by atoms with Crippen molar-refractivity contribution in [1.82, 2.24) is 0 Å². The Bertz CT molecular complexity index is 576. The Morgan fingerprint density at radius 2 is 1.61 bits per heavy atom. The van der Waals surface area contributed by atoms with Gasteiger partial charge in [-0.05, 0) is 38.8 Å². The molecule has 2 N–H and O–H groups in total. The first-order valence-corrected chi connectivity index (χ1v) is 7.48. The van der Waals surface area contributed by atoms with Gasteiger partial charge in [-0.1, -0.05) is 25.0 Å². The molecule has 1 aromatic carbocycles. The lowest BCUT2D eigenvalue weighted by Gasteiger charge is -2.18. The van der Waals surface area contributed by atoms with Crippen LogP contribution in [0.5, 0.6) is 0 Å². The SMILES string of the molecule is CC(C)(CCCCCOC(=O)c1ccccc1C(=O)O)C(=O)O. The Labute approximate surface area is 135 Å². The predicted octanol–water partition coefficient (Wildman–Crippen LogP) is 3.21. The molecule has 6 nitrogen and oxygen atoms in total. The number of carboxylic acid groups (broad SMARTS) is 2. The number of carbonyl (C=O) groups excluding carboxylic acids is 1. The quantitative estimate of drug-likeness (QED) is 0.535. The third kappa shape index (κ3) is 5.73. The molecule has 1 rings (SSSR count). The lowest BCUT2D eigenvalue weighted by atomic mass is 9.87. The standard InChI is InChI=1S/C17H22O6/c1-17(2,16(21)22)10-6-3-7-11-23-15(20)13-9-5-4-8-12(13)14(18)19/h4-5,8-9H,3,6-7,10-11H2,1-2H3,(H,18,19)(H,21,22). The number of hydrogen-bond acceptors (Lipinski definition) is 4. The van der Waals surface area contributed by atoms with Gasteiger partial charge >= 0.3 is 17.9 Å². The highest BCUT2D eigenvalue weighted by Crippen LogP contribution is 2.23. The summed E-state index contributed by atoms with van der Waals surface area (Å²) < 4.78 is 5.08. The third-order valence-electron chi connectivity index (χ3n) is 3.64. The fourth-order valence-electron chi connectivity index (χ4n) is 2.04. The molecule has 0 fully saturated rings. The molecular formula is C17H22O6. The van der Waals surface area contributed by atoms with Gasteiger partial charge in [-0.3, -0.25) is 4.79 Å². The molecule has 0 unspecified atom stereocenters. The number of carbonyl (C=O) groups is 3. The van der Waals surface area contributed by atoms with Gasteiger partial charge in [-0.25, -0.2) is 9.59 Å². The lowest BCUT2D eigenvalue weighted by molar-refractivity contribution is -0.147. The van der Waals surface area contributed by atoms with E-state index in [2.05, 4.69) is 0 Å². The Hall–Kier alpha value is -2.37. The van der Waals surface area contributed by atoms with Crippen molar-refractivity contribution in [2.24, 2.45) is 5.41 Å². The highest BCUT2D eigenvalue weighted by atomic mass is 16.5. The van der Waals surface area contributed by atoms with Gasteiger partial charge in [0.15, 0.2) is 0 Å². The van der Waals surface area contributed by atoms with Crippen molar-refractivity contribution >= 4 is 17.9 Å². The van der Waals surface area contributed by atoms with Gasteiger partial charge in [0.05, 0.1) is 23.1 Å². The molecule has 126 valence electrons. The normalized spacial score (nSPS) is 11.0. The predicted molar refractivity (Wildman–Crippen MR) is 83.6 cm³/mol. The molecule has 1 aromatic rings. The molecule has 0 amide bonds. The Morgan fingerprint density at radius 1 is 1.00 bits per heavy atom. The summed E-state index contributed by atoms with van der Waals surface area (Å²) in [6.45, 7) is 3.54. The second-order valence-corrected chi connectivity index (χ2v) is 5.99. The summed E-state index contributed by atoms with van der Waals surface area (Å²) in [6.07, 6.45) is 2.63. The first-order valence-electron chi connectivity index (χ1n) is 7.48. The summed E-state index contributed by atoms with van der Waals surface area (Å²) in [5.74, 6) is -2.66. The number of hydrogen-bond donors (Lipinski definition) is 2. The number of aromatic carboxylic acids is 1. The van der Waals surface area contributed by atoms with Crippen LogP contribution in [-0.4, -0.2) is 34.7 Å². The van der Waals surface area contributed by atoms with Crippen LogP contribution < -0.4 is 0 Å². The Balaban J connectivity index is 2.36. The molecule has 0 saturated carbocycles. The van der Waals surface area contributed by atoms with Gasteiger partial charge in [-0.2, -0.15) is 0 Å². The minimum atomic E-state index is -1.17. The average Bonchev–Trinajstić information content (AvgIpc) is 2.50. The number of unbranched alkanes of at least 4 members (excludes halogenated alkanes) is 2. The van der Waals surface area contributed by atoms with E-state index in [4.69, 9.17) is 14.9 Å². The summed E-state index contributed by atoms with van der Waals surface area (Å²) in [5.41, 5.74) is -0.801. The zero-order chi connectivity index (χ0) is 17.5. The largest absolute Gasteiger partial charge is 0.481 e. The minimum absolute atomic E-state index is 0.0343. The number of aliphatic carboxylic acids is 1. The van der Waals surface area contributed by atoms with Crippen molar-refractivity contribution in [2.75, 3.05) is 6.61 Å². The first-order chi connectivity index (χ1) is 10.8. The van der Waals surface area contributed by atoms with E-state index in [9.17, 15) is 14.4 Å². The van der Waals surface area contributed by atoms with E-state index < -0.39 is 23.3 Å². The van der Waals surface area contributed by atoms with Gasteiger partial charge in [0.1, 0.15) is 0 Å². The molecule has 0 aliphatic rings. The van der Waals surface area contributed by atoms with Crippen molar-refractivity contribution in [3.8, 4) is 0 Å². The molecule has 6 heteroatoms. The number of esters is 1. The molecule has 0 saturated heterocycles. The fraction of sp³-hybridized carbons (Fsp3) is 0.471. The molecule has 0 aliphatic heterocycles. The van der Waals surface area contributed by atoms with Crippen LogP contribution in [0.25, 0.3) is 0 Å². The number of carboxylic acids is 2. The van der Waals surface area contributed by atoms with Gasteiger partial charge in [0.25, 0.3) is 0 Å². The minimum Gasteiger partial charge on any atom is -0.481 e. The maximum atomic E-state index is 11.9. The molecule has 0 radical (unpaired) electrons. The number of benzene rings is 1. The van der Waals surface area contributed by atoms with Crippen LogP contribution in [0.15, 0.2) is 24.3 Å². The zero-order valence-electron chi connectivity index (χ0n) is 13.4. The van der Waals surface area contributed by atoms with Gasteiger partial charge in [0.2, 0.25) is 0 Å². The summed E-state index contributed by atoms with van der Waals surface area (Å²) in [6, 6.07) is 5.90. The molecule has 0 aromatic heterocycles.